The average molecular weight is 367 g/mol. The average Bonchev–Trinajstić information content (AvgIpc) is 3.30. The lowest BCUT2D eigenvalue weighted by Gasteiger charge is -2.26. The monoisotopic (exact) mass is 367 g/mol. The Hall–Kier alpha value is -3.14. The van der Waals surface area contributed by atoms with Crippen LogP contribution < -0.4 is 4.90 Å². The number of para-hydroxylation sites is 1. The number of benzene rings is 4. The molecule has 3 nitrogen and oxygen atoms in total. The third-order valence-corrected chi connectivity index (χ3v) is 5.05. The van der Waals surface area contributed by atoms with Crippen molar-refractivity contribution >= 4 is 27.8 Å². The van der Waals surface area contributed by atoms with Crippen molar-refractivity contribution in [1.82, 2.24) is 0 Å². The molecular weight excluding hydrogens is 346 g/mol. The van der Waals surface area contributed by atoms with E-state index in [1.165, 1.54) is 10.8 Å². The largest absolute Gasteiger partial charge is 0.346 e. The standard InChI is InChI=1S/C25H21NO2/c1-2-8-22(9-3-1)26(24-15-10-19-6-4-5-7-21(19)18-24)23-13-11-20(12-14-23)25-27-16-17-28-25/h1-15,18,25H,16-17H2. The molecule has 0 spiro atoms. The fourth-order valence-electron chi connectivity index (χ4n) is 3.67. The molecule has 0 N–H and O–H groups in total. The second-order valence-corrected chi connectivity index (χ2v) is 6.87. The van der Waals surface area contributed by atoms with Gasteiger partial charge in [0.1, 0.15) is 0 Å². The molecule has 0 amide bonds. The highest BCUT2D eigenvalue weighted by Gasteiger charge is 2.19. The normalized spacial score (nSPS) is 14.4. The van der Waals surface area contributed by atoms with Gasteiger partial charge in [-0.2, -0.15) is 0 Å². The Balaban J connectivity index is 1.58. The molecule has 1 aliphatic heterocycles. The summed E-state index contributed by atoms with van der Waals surface area (Å²) in [5.41, 5.74) is 4.40. The SMILES string of the molecule is c1ccc(N(c2ccc(C3OCCO3)cc2)c2ccc3ccccc3c2)cc1. The lowest BCUT2D eigenvalue weighted by Crippen LogP contribution is -2.10. The number of rotatable bonds is 4. The molecule has 0 atom stereocenters. The first-order valence-electron chi connectivity index (χ1n) is 9.56. The van der Waals surface area contributed by atoms with E-state index in [1.54, 1.807) is 0 Å². The molecule has 0 aliphatic carbocycles. The van der Waals surface area contributed by atoms with Crippen molar-refractivity contribution in [1.29, 1.82) is 0 Å². The maximum absolute atomic E-state index is 5.62. The molecule has 0 radical (unpaired) electrons. The second-order valence-electron chi connectivity index (χ2n) is 6.87. The fourth-order valence-corrected chi connectivity index (χ4v) is 3.67. The quantitative estimate of drug-likeness (QED) is 0.419. The van der Waals surface area contributed by atoms with E-state index >= 15 is 0 Å². The second kappa shape index (κ2) is 7.47. The van der Waals surface area contributed by atoms with Crippen LogP contribution in [0, 0.1) is 0 Å². The van der Waals surface area contributed by atoms with Gasteiger partial charge in [-0.15, -0.1) is 0 Å². The van der Waals surface area contributed by atoms with Gasteiger partial charge in [-0.25, -0.2) is 0 Å². The van der Waals surface area contributed by atoms with Crippen molar-refractivity contribution in [2.24, 2.45) is 0 Å². The van der Waals surface area contributed by atoms with Gasteiger partial charge in [0.15, 0.2) is 6.29 Å². The molecule has 4 aromatic carbocycles. The topological polar surface area (TPSA) is 21.7 Å². The Bertz CT molecular complexity index is 1070. The molecule has 1 aliphatic rings. The summed E-state index contributed by atoms with van der Waals surface area (Å²) in [5.74, 6) is 0. The molecule has 0 bridgehead atoms. The molecule has 3 heteroatoms. The summed E-state index contributed by atoms with van der Waals surface area (Å²) in [6.07, 6.45) is -0.250. The van der Waals surface area contributed by atoms with Crippen molar-refractivity contribution in [3.8, 4) is 0 Å². The van der Waals surface area contributed by atoms with Gasteiger partial charge in [0.05, 0.1) is 13.2 Å². The maximum atomic E-state index is 5.62. The highest BCUT2D eigenvalue weighted by atomic mass is 16.7. The highest BCUT2D eigenvalue weighted by Crippen LogP contribution is 2.36. The van der Waals surface area contributed by atoms with Crippen LogP contribution in [-0.4, -0.2) is 13.2 Å². The van der Waals surface area contributed by atoms with E-state index < -0.39 is 0 Å². The van der Waals surface area contributed by atoms with Gasteiger partial charge in [0, 0.05) is 22.6 Å². The predicted molar refractivity (Wildman–Crippen MR) is 113 cm³/mol. The molecule has 1 fully saturated rings. The van der Waals surface area contributed by atoms with E-state index in [4.69, 9.17) is 9.47 Å². The summed E-state index contributed by atoms with van der Waals surface area (Å²) in [5, 5.41) is 2.47. The van der Waals surface area contributed by atoms with Gasteiger partial charge in [-0.05, 0) is 47.2 Å². The Morgan fingerprint density at radius 3 is 1.93 bits per heavy atom. The van der Waals surface area contributed by atoms with E-state index in [-0.39, 0.29) is 6.29 Å². The van der Waals surface area contributed by atoms with Crippen LogP contribution in [0.3, 0.4) is 0 Å². The third kappa shape index (κ3) is 3.26. The van der Waals surface area contributed by atoms with E-state index in [9.17, 15) is 0 Å². The molecule has 28 heavy (non-hydrogen) atoms. The van der Waals surface area contributed by atoms with E-state index in [0.29, 0.717) is 13.2 Å². The number of hydrogen-bond donors (Lipinski definition) is 0. The first-order chi connectivity index (χ1) is 13.9. The smallest absolute Gasteiger partial charge is 0.184 e. The van der Waals surface area contributed by atoms with Crippen LogP contribution in [-0.2, 0) is 9.47 Å². The van der Waals surface area contributed by atoms with E-state index in [1.807, 2.05) is 6.07 Å². The first-order valence-corrected chi connectivity index (χ1v) is 9.56. The van der Waals surface area contributed by atoms with Gasteiger partial charge in [0.2, 0.25) is 0 Å². The minimum atomic E-state index is -0.250. The number of fused-ring (bicyclic) bond motifs is 1. The first kappa shape index (κ1) is 17.0. The highest BCUT2D eigenvalue weighted by molar-refractivity contribution is 5.89. The van der Waals surface area contributed by atoms with Crippen LogP contribution in [0.25, 0.3) is 10.8 Å². The number of nitrogens with zero attached hydrogens (tertiary/aromatic N) is 1. The summed E-state index contributed by atoms with van der Waals surface area (Å²) in [6.45, 7) is 1.30. The summed E-state index contributed by atoms with van der Waals surface area (Å²) in [4.78, 5) is 2.27. The number of anilines is 3. The van der Waals surface area contributed by atoms with Gasteiger partial charge in [-0.1, -0.05) is 60.7 Å². The van der Waals surface area contributed by atoms with Crippen LogP contribution in [0.15, 0.2) is 97.1 Å². The summed E-state index contributed by atoms with van der Waals surface area (Å²) in [6, 6.07) is 33.9. The predicted octanol–water partition coefficient (Wildman–Crippen LogP) is 6.36. The van der Waals surface area contributed by atoms with Crippen LogP contribution in [0.5, 0.6) is 0 Å². The van der Waals surface area contributed by atoms with Crippen molar-refractivity contribution in [3.63, 3.8) is 0 Å². The zero-order valence-corrected chi connectivity index (χ0v) is 15.5. The van der Waals surface area contributed by atoms with Crippen molar-refractivity contribution in [3.05, 3.63) is 103 Å². The minimum absolute atomic E-state index is 0.250. The van der Waals surface area contributed by atoms with Crippen LogP contribution >= 0.6 is 0 Å². The fraction of sp³-hybridized carbons (Fsp3) is 0.120. The number of ether oxygens (including phenoxy) is 2. The van der Waals surface area contributed by atoms with Crippen LogP contribution in [0.2, 0.25) is 0 Å². The molecule has 0 saturated carbocycles. The van der Waals surface area contributed by atoms with Gasteiger partial charge >= 0.3 is 0 Å². The van der Waals surface area contributed by atoms with Crippen molar-refractivity contribution < 1.29 is 9.47 Å². The van der Waals surface area contributed by atoms with Gasteiger partial charge in [0.25, 0.3) is 0 Å². The minimum Gasteiger partial charge on any atom is -0.346 e. The third-order valence-electron chi connectivity index (χ3n) is 5.05. The molecule has 138 valence electrons. The molecule has 5 rings (SSSR count). The lowest BCUT2D eigenvalue weighted by molar-refractivity contribution is -0.0441. The van der Waals surface area contributed by atoms with E-state index in [2.05, 4.69) is 95.9 Å². The van der Waals surface area contributed by atoms with Crippen molar-refractivity contribution in [2.75, 3.05) is 18.1 Å². The van der Waals surface area contributed by atoms with Gasteiger partial charge in [-0.3, -0.25) is 0 Å². The lowest BCUT2D eigenvalue weighted by atomic mass is 10.1. The Kier molecular flexibility index (Phi) is 4.53. The summed E-state index contributed by atoms with van der Waals surface area (Å²) < 4.78 is 11.2. The molecule has 1 heterocycles. The maximum Gasteiger partial charge on any atom is 0.184 e. The Labute approximate surface area is 164 Å². The van der Waals surface area contributed by atoms with Gasteiger partial charge < -0.3 is 14.4 Å². The molecule has 1 saturated heterocycles. The zero-order chi connectivity index (χ0) is 18.8. The summed E-state index contributed by atoms with van der Waals surface area (Å²) >= 11 is 0. The molecule has 4 aromatic rings. The van der Waals surface area contributed by atoms with Crippen LogP contribution in [0.4, 0.5) is 17.1 Å². The van der Waals surface area contributed by atoms with Crippen molar-refractivity contribution in [2.45, 2.75) is 6.29 Å². The Morgan fingerprint density at radius 2 is 1.18 bits per heavy atom. The number of hydrogen-bond acceptors (Lipinski definition) is 3. The molecule has 0 unspecified atom stereocenters. The zero-order valence-electron chi connectivity index (χ0n) is 15.5. The summed E-state index contributed by atoms with van der Waals surface area (Å²) in [7, 11) is 0. The molecular formula is C25H21NO2. The molecule has 0 aromatic heterocycles. The van der Waals surface area contributed by atoms with E-state index in [0.717, 1.165) is 22.6 Å². The Morgan fingerprint density at radius 1 is 0.571 bits per heavy atom. The van der Waals surface area contributed by atoms with Crippen LogP contribution in [0.1, 0.15) is 11.9 Å².